The molecule has 0 fully saturated rings. The lowest BCUT2D eigenvalue weighted by atomic mass is 10.1. The number of amides is 1. The highest BCUT2D eigenvalue weighted by Gasteiger charge is 2.16. The van der Waals surface area contributed by atoms with Gasteiger partial charge in [-0.25, -0.2) is 8.78 Å². The molecular formula is C14H9BrClF2NO. The van der Waals surface area contributed by atoms with Gasteiger partial charge in [-0.05, 0) is 52.7 Å². The van der Waals surface area contributed by atoms with Crippen molar-refractivity contribution in [2.75, 3.05) is 5.32 Å². The zero-order valence-electron chi connectivity index (χ0n) is 10.3. The second kappa shape index (κ2) is 5.89. The van der Waals surface area contributed by atoms with E-state index in [1.54, 1.807) is 6.07 Å². The van der Waals surface area contributed by atoms with Crippen LogP contribution in [0.5, 0.6) is 0 Å². The van der Waals surface area contributed by atoms with Crippen LogP contribution >= 0.6 is 27.5 Å². The van der Waals surface area contributed by atoms with Gasteiger partial charge in [0.05, 0.1) is 11.3 Å². The number of benzene rings is 2. The van der Waals surface area contributed by atoms with E-state index in [-0.39, 0.29) is 5.56 Å². The standard InChI is InChI=1S/C14H9BrClF2NO/c1-7-5-9(15)12(6-10(7)16)19-14(20)8-3-2-4-11(17)13(8)18/h2-6H,1H3,(H,19,20). The fraction of sp³-hybridized carbons (Fsp3) is 0.0714. The molecular weight excluding hydrogens is 352 g/mol. The second-order valence-corrected chi connectivity index (χ2v) is 5.40. The summed E-state index contributed by atoms with van der Waals surface area (Å²) in [6.07, 6.45) is 0. The Kier molecular flexibility index (Phi) is 4.40. The lowest BCUT2D eigenvalue weighted by molar-refractivity contribution is 0.102. The van der Waals surface area contributed by atoms with Crippen LogP contribution in [0.2, 0.25) is 5.02 Å². The first-order chi connectivity index (χ1) is 9.40. The Labute approximate surface area is 127 Å². The number of carbonyl (C=O) groups is 1. The van der Waals surface area contributed by atoms with E-state index in [4.69, 9.17) is 11.6 Å². The Bertz CT molecular complexity index is 691. The number of halogens is 4. The van der Waals surface area contributed by atoms with E-state index >= 15 is 0 Å². The van der Waals surface area contributed by atoms with Gasteiger partial charge in [-0.3, -0.25) is 4.79 Å². The molecule has 0 aromatic heterocycles. The van der Waals surface area contributed by atoms with E-state index in [1.165, 1.54) is 18.2 Å². The Balaban J connectivity index is 2.33. The summed E-state index contributed by atoms with van der Waals surface area (Å²) in [6.45, 7) is 1.81. The summed E-state index contributed by atoms with van der Waals surface area (Å²) in [4.78, 5) is 12.0. The Morgan fingerprint density at radius 1 is 1.30 bits per heavy atom. The van der Waals surface area contributed by atoms with Crippen LogP contribution in [0, 0.1) is 18.6 Å². The molecule has 2 aromatic carbocycles. The molecule has 0 radical (unpaired) electrons. The number of hydrogen-bond acceptors (Lipinski definition) is 1. The van der Waals surface area contributed by atoms with Gasteiger partial charge < -0.3 is 5.32 Å². The molecule has 2 rings (SSSR count). The van der Waals surface area contributed by atoms with Gasteiger partial charge in [-0.2, -0.15) is 0 Å². The molecule has 0 saturated heterocycles. The Hall–Kier alpha value is -1.46. The third-order valence-electron chi connectivity index (χ3n) is 2.69. The quantitative estimate of drug-likeness (QED) is 0.807. The van der Waals surface area contributed by atoms with E-state index in [2.05, 4.69) is 21.2 Å². The van der Waals surface area contributed by atoms with E-state index in [9.17, 15) is 13.6 Å². The molecule has 2 aromatic rings. The molecule has 0 heterocycles. The van der Waals surface area contributed by atoms with E-state index in [0.29, 0.717) is 15.2 Å². The zero-order chi connectivity index (χ0) is 14.9. The van der Waals surface area contributed by atoms with Crippen molar-refractivity contribution in [3.63, 3.8) is 0 Å². The first-order valence-corrected chi connectivity index (χ1v) is 6.78. The first-order valence-electron chi connectivity index (χ1n) is 5.61. The van der Waals surface area contributed by atoms with E-state index in [1.807, 2.05) is 6.92 Å². The van der Waals surface area contributed by atoms with Crippen molar-refractivity contribution in [1.82, 2.24) is 0 Å². The number of rotatable bonds is 2. The summed E-state index contributed by atoms with van der Waals surface area (Å²) in [5, 5.41) is 2.95. The molecule has 1 N–H and O–H groups in total. The minimum atomic E-state index is -1.18. The lowest BCUT2D eigenvalue weighted by Crippen LogP contribution is -2.15. The van der Waals surface area contributed by atoms with Gasteiger partial charge in [0.25, 0.3) is 5.91 Å². The van der Waals surface area contributed by atoms with Crippen LogP contribution in [0.4, 0.5) is 14.5 Å². The minimum absolute atomic E-state index is 0.367. The second-order valence-electron chi connectivity index (χ2n) is 4.14. The van der Waals surface area contributed by atoms with Crippen LogP contribution < -0.4 is 5.32 Å². The molecule has 0 aliphatic rings. The monoisotopic (exact) mass is 359 g/mol. The van der Waals surface area contributed by atoms with Crippen molar-refractivity contribution >= 4 is 39.1 Å². The SMILES string of the molecule is Cc1cc(Br)c(NC(=O)c2cccc(F)c2F)cc1Cl. The summed E-state index contributed by atoms with van der Waals surface area (Å²) in [6, 6.07) is 6.68. The number of aryl methyl sites for hydroxylation is 1. The van der Waals surface area contributed by atoms with Gasteiger partial charge >= 0.3 is 0 Å². The highest BCUT2D eigenvalue weighted by molar-refractivity contribution is 9.10. The number of hydrogen-bond donors (Lipinski definition) is 1. The number of carbonyl (C=O) groups excluding carboxylic acids is 1. The zero-order valence-corrected chi connectivity index (χ0v) is 12.6. The van der Waals surface area contributed by atoms with Gasteiger partial charge in [0.2, 0.25) is 0 Å². The fourth-order valence-corrected chi connectivity index (χ4v) is 2.33. The molecule has 0 unspecified atom stereocenters. The highest BCUT2D eigenvalue weighted by atomic mass is 79.9. The third-order valence-corrected chi connectivity index (χ3v) is 3.76. The van der Waals surface area contributed by atoms with Crippen LogP contribution in [0.3, 0.4) is 0 Å². The number of nitrogens with one attached hydrogen (secondary N) is 1. The van der Waals surface area contributed by atoms with Gasteiger partial charge in [0.15, 0.2) is 11.6 Å². The van der Waals surface area contributed by atoms with E-state index in [0.717, 1.165) is 11.6 Å². The maximum atomic E-state index is 13.5. The van der Waals surface area contributed by atoms with Gasteiger partial charge in [0, 0.05) is 9.50 Å². The molecule has 0 bridgehead atoms. The molecule has 0 atom stereocenters. The van der Waals surface area contributed by atoms with Crippen LogP contribution in [0.1, 0.15) is 15.9 Å². The van der Waals surface area contributed by atoms with Crippen LogP contribution in [0.15, 0.2) is 34.8 Å². The van der Waals surface area contributed by atoms with Gasteiger partial charge in [0.1, 0.15) is 0 Å². The Morgan fingerprint density at radius 2 is 2.00 bits per heavy atom. The maximum absolute atomic E-state index is 13.5. The van der Waals surface area contributed by atoms with Crippen molar-refractivity contribution in [2.45, 2.75) is 6.92 Å². The first kappa shape index (κ1) is 14.9. The summed E-state index contributed by atoms with van der Waals surface area (Å²) in [5.74, 6) is -3.00. The maximum Gasteiger partial charge on any atom is 0.258 e. The molecule has 0 spiro atoms. The predicted molar refractivity (Wildman–Crippen MR) is 78.2 cm³/mol. The molecule has 0 aliphatic heterocycles. The van der Waals surface area contributed by atoms with Crippen LogP contribution in [-0.2, 0) is 0 Å². The van der Waals surface area contributed by atoms with Crippen molar-refractivity contribution in [3.8, 4) is 0 Å². The molecule has 2 nitrogen and oxygen atoms in total. The molecule has 20 heavy (non-hydrogen) atoms. The molecule has 104 valence electrons. The molecule has 1 amide bonds. The van der Waals surface area contributed by atoms with Crippen molar-refractivity contribution in [3.05, 3.63) is 62.6 Å². The van der Waals surface area contributed by atoms with Crippen molar-refractivity contribution in [1.29, 1.82) is 0 Å². The highest BCUT2D eigenvalue weighted by Crippen LogP contribution is 2.29. The molecule has 0 saturated carbocycles. The van der Waals surface area contributed by atoms with Gasteiger partial charge in [-0.1, -0.05) is 17.7 Å². The fourth-order valence-electron chi connectivity index (χ4n) is 1.61. The number of anilines is 1. The minimum Gasteiger partial charge on any atom is -0.321 e. The third kappa shape index (κ3) is 2.99. The Morgan fingerprint density at radius 3 is 2.70 bits per heavy atom. The topological polar surface area (TPSA) is 29.1 Å². The normalized spacial score (nSPS) is 10.4. The average molecular weight is 361 g/mol. The van der Waals surface area contributed by atoms with E-state index < -0.39 is 17.5 Å². The van der Waals surface area contributed by atoms with Crippen LogP contribution in [-0.4, -0.2) is 5.91 Å². The largest absolute Gasteiger partial charge is 0.321 e. The smallest absolute Gasteiger partial charge is 0.258 e. The average Bonchev–Trinajstić information content (AvgIpc) is 2.39. The van der Waals surface area contributed by atoms with Crippen molar-refractivity contribution in [2.24, 2.45) is 0 Å². The molecule has 6 heteroatoms. The summed E-state index contributed by atoms with van der Waals surface area (Å²) < 4.78 is 27.2. The summed E-state index contributed by atoms with van der Waals surface area (Å²) in [5.41, 5.74) is 0.844. The summed E-state index contributed by atoms with van der Waals surface area (Å²) in [7, 11) is 0. The lowest BCUT2D eigenvalue weighted by Gasteiger charge is -2.10. The summed E-state index contributed by atoms with van der Waals surface area (Å²) >= 11 is 9.24. The molecule has 0 aliphatic carbocycles. The van der Waals surface area contributed by atoms with Crippen molar-refractivity contribution < 1.29 is 13.6 Å². The van der Waals surface area contributed by atoms with Crippen LogP contribution in [0.25, 0.3) is 0 Å². The van der Waals surface area contributed by atoms with Gasteiger partial charge in [-0.15, -0.1) is 0 Å². The predicted octanol–water partition coefficient (Wildman–Crippen LogP) is 4.94.